The molecule has 1 heterocycles. The molecule has 1 amide bonds. The van der Waals surface area contributed by atoms with E-state index >= 15 is 0 Å². The lowest BCUT2D eigenvalue weighted by atomic mass is 10.0. The Kier molecular flexibility index (Phi) is 6.55. The second kappa shape index (κ2) is 9.13. The number of carbonyl (C=O) groups is 1. The van der Waals surface area contributed by atoms with Crippen molar-refractivity contribution in [1.29, 1.82) is 0 Å². The highest BCUT2D eigenvalue weighted by atomic mass is 19.4. The summed E-state index contributed by atoms with van der Waals surface area (Å²) in [6.07, 6.45) is -3.37. The summed E-state index contributed by atoms with van der Waals surface area (Å²) in [5, 5.41) is 11.7. The van der Waals surface area contributed by atoms with E-state index < -0.39 is 29.5 Å². The molecule has 1 atom stereocenters. The highest BCUT2D eigenvalue weighted by Gasteiger charge is 2.30. The summed E-state index contributed by atoms with van der Waals surface area (Å²) >= 11 is 0. The smallest absolute Gasteiger partial charge is 0.416 e. The number of nitrogens with zero attached hydrogens (tertiary/aromatic N) is 1. The van der Waals surface area contributed by atoms with Crippen LogP contribution in [-0.4, -0.2) is 28.6 Å². The van der Waals surface area contributed by atoms with Crippen molar-refractivity contribution in [2.24, 2.45) is 0 Å². The molecule has 3 rings (SSSR count). The van der Waals surface area contributed by atoms with Crippen LogP contribution in [0, 0.1) is 5.82 Å². The average molecular weight is 434 g/mol. The molecule has 162 valence electrons. The molecule has 0 bridgehead atoms. The molecule has 2 N–H and O–H groups in total. The number of nitrogens with one attached hydrogen (secondary N) is 1. The highest BCUT2D eigenvalue weighted by Crippen LogP contribution is 2.35. The standard InChI is InChI=1S/C22H18F4N2O3/c1-13(12-29)28-20(30)15-9-19(14-4-2-6-17(23)8-14)21(27-11-15)31-18-7-3-5-16(10-18)22(24,25)26/h2-11,13,29H,12H2,1H3,(H,28,30)/t13-/m0/s1. The van der Waals surface area contributed by atoms with Crippen LogP contribution in [0.1, 0.15) is 22.8 Å². The zero-order chi connectivity index (χ0) is 22.6. The first-order valence-corrected chi connectivity index (χ1v) is 9.20. The number of aliphatic hydroxyl groups excluding tert-OH is 1. The van der Waals surface area contributed by atoms with Crippen molar-refractivity contribution >= 4 is 5.91 Å². The average Bonchev–Trinajstić information content (AvgIpc) is 2.73. The fraction of sp³-hybridized carbons (Fsp3) is 0.182. The van der Waals surface area contributed by atoms with Gasteiger partial charge in [0.1, 0.15) is 11.6 Å². The summed E-state index contributed by atoms with van der Waals surface area (Å²) in [5.74, 6) is -1.30. The SMILES string of the molecule is C[C@@H](CO)NC(=O)c1cnc(Oc2cccc(C(F)(F)F)c2)c(-c2cccc(F)c2)c1. The zero-order valence-corrected chi connectivity index (χ0v) is 16.3. The molecule has 0 aliphatic rings. The number of aliphatic hydroxyl groups is 1. The van der Waals surface area contributed by atoms with Crippen LogP contribution in [0.15, 0.2) is 60.8 Å². The first-order valence-electron chi connectivity index (χ1n) is 9.20. The maximum atomic E-state index is 13.8. The Labute approximate surface area is 175 Å². The van der Waals surface area contributed by atoms with Gasteiger partial charge in [-0.3, -0.25) is 4.79 Å². The van der Waals surface area contributed by atoms with Gasteiger partial charge in [0.25, 0.3) is 5.91 Å². The van der Waals surface area contributed by atoms with E-state index in [9.17, 15) is 22.4 Å². The number of rotatable bonds is 6. The molecule has 0 fully saturated rings. The van der Waals surface area contributed by atoms with E-state index in [0.29, 0.717) is 5.56 Å². The number of amides is 1. The minimum Gasteiger partial charge on any atom is -0.438 e. The second-order valence-corrected chi connectivity index (χ2v) is 6.77. The van der Waals surface area contributed by atoms with Crippen molar-refractivity contribution in [3.05, 3.63) is 77.7 Å². The lowest BCUT2D eigenvalue weighted by Gasteiger charge is -2.15. The molecule has 9 heteroatoms. The number of pyridine rings is 1. The quantitative estimate of drug-likeness (QED) is 0.547. The number of hydrogen-bond acceptors (Lipinski definition) is 4. The van der Waals surface area contributed by atoms with Crippen LogP contribution >= 0.6 is 0 Å². The Morgan fingerprint density at radius 2 is 1.90 bits per heavy atom. The van der Waals surface area contributed by atoms with Crippen LogP contribution < -0.4 is 10.1 Å². The van der Waals surface area contributed by atoms with Crippen molar-refractivity contribution in [3.63, 3.8) is 0 Å². The van der Waals surface area contributed by atoms with E-state index in [0.717, 1.165) is 12.1 Å². The molecular formula is C22H18F4N2O3. The normalized spacial score (nSPS) is 12.3. The second-order valence-electron chi connectivity index (χ2n) is 6.77. The van der Waals surface area contributed by atoms with Crippen molar-refractivity contribution in [1.82, 2.24) is 10.3 Å². The monoisotopic (exact) mass is 434 g/mol. The first-order chi connectivity index (χ1) is 14.7. The van der Waals surface area contributed by atoms with Crippen molar-refractivity contribution in [2.45, 2.75) is 19.1 Å². The largest absolute Gasteiger partial charge is 0.438 e. The molecule has 31 heavy (non-hydrogen) atoms. The summed E-state index contributed by atoms with van der Waals surface area (Å²) in [5.41, 5.74) is -0.261. The van der Waals surface area contributed by atoms with Gasteiger partial charge in [0.15, 0.2) is 0 Å². The maximum Gasteiger partial charge on any atom is 0.416 e. The predicted octanol–water partition coefficient (Wildman–Crippen LogP) is 4.81. The third kappa shape index (κ3) is 5.58. The Hall–Kier alpha value is -3.46. The summed E-state index contributed by atoms with van der Waals surface area (Å²) in [6.45, 7) is 1.33. The van der Waals surface area contributed by atoms with Crippen LogP contribution in [0.3, 0.4) is 0 Å². The minimum atomic E-state index is -4.55. The van der Waals surface area contributed by atoms with Gasteiger partial charge in [-0.05, 0) is 48.9 Å². The molecule has 0 spiro atoms. The van der Waals surface area contributed by atoms with Gasteiger partial charge < -0.3 is 15.2 Å². The number of hydrogen-bond donors (Lipinski definition) is 2. The number of benzene rings is 2. The van der Waals surface area contributed by atoms with Crippen LogP contribution in [-0.2, 0) is 6.18 Å². The molecule has 0 unspecified atom stereocenters. The van der Waals surface area contributed by atoms with Gasteiger partial charge >= 0.3 is 6.18 Å². The number of ether oxygens (including phenoxy) is 1. The maximum absolute atomic E-state index is 13.8. The van der Waals surface area contributed by atoms with Gasteiger partial charge in [-0.25, -0.2) is 9.37 Å². The lowest BCUT2D eigenvalue weighted by Crippen LogP contribution is -2.35. The summed E-state index contributed by atoms with van der Waals surface area (Å²) in [6, 6.07) is 10.5. The van der Waals surface area contributed by atoms with Gasteiger partial charge in [-0.15, -0.1) is 0 Å². The van der Waals surface area contributed by atoms with Crippen LogP contribution in [0.5, 0.6) is 11.6 Å². The number of aromatic nitrogens is 1. The molecule has 3 aromatic rings. The summed E-state index contributed by atoms with van der Waals surface area (Å²) in [7, 11) is 0. The van der Waals surface area contributed by atoms with Crippen molar-refractivity contribution < 1.29 is 32.2 Å². The van der Waals surface area contributed by atoms with Gasteiger partial charge in [0, 0.05) is 17.8 Å². The Morgan fingerprint density at radius 3 is 2.58 bits per heavy atom. The molecule has 2 aromatic carbocycles. The van der Waals surface area contributed by atoms with Gasteiger partial charge in [-0.2, -0.15) is 13.2 Å². The van der Waals surface area contributed by atoms with E-state index in [1.165, 1.54) is 42.6 Å². The van der Waals surface area contributed by atoms with Gasteiger partial charge in [0.2, 0.25) is 5.88 Å². The fourth-order valence-corrected chi connectivity index (χ4v) is 2.72. The Morgan fingerprint density at radius 1 is 1.16 bits per heavy atom. The topological polar surface area (TPSA) is 71.5 Å². The molecule has 1 aromatic heterocycles. The minimum absolute atomic E-state index is 0.100. The van der Waals surface area contributed by atoms with Crippen molar-refractivity contribution in [2.75, 3.05) is 6.61 Å². The van der Waals surface area contributed by atoms with E-state index in [1.54, 1.807) is 13.0 Å². The first kappa shape index (κ1) is 22.2. The zero-order valence-electron chi connectivity index (χ0n) is 16.3. The lowest BCUT2D eigenvalue weighted by molar-refractivity contribution is -0.137. The molecule has 0 saturated carbocycles. The molecule has 0 saturated heterocycles. The number of alkyl halides is 3. The van der Waals surface area contributed by atoms with Crippen LogP contribution in [0.25, 0.3) is 11.1 Å². The molecular weight excluding hydrogens is 416 g/mol. The van der Waals surface area contributed by atoms with E-state index in [4.69, 9.17) is 9.84 Å². The Bertz CT molecular complexity index is 1090. The summed E-state index contributed by atoms with van der Waals surface area (Å²) in [4.78, 5) is 16.5. The molecule has 0 aliphatic heterocycles. The number of halogens is 4. The third-order valence-corrected chi connectivity index (χ3v) is 4.28. The fourth-order valence-electron chi connectivity index (χ4n) is 2.72. The Balaban J connectivity index is 2.02. The molecule has 0 radical (unpaired) electrons. The highest BCUT2D eigenvalue weighted by molar-refractivity contribution is 5.95. The predicted molar refractivity (Wildman–Crippen MR) is 105 cm³/mol. The van der Waals surface area contributed by atoms with Gasteiger partial charge in [-0.1, -0.05) is 18.2 Å². The molecule has 5 nitrogen and oxygen atoms in total. The van der Waals surface area contributed by atoms with Crippen molar-refractivity contribution in [3.8, 4) is 22.8 Å². The van der Waals surface area contributed by atoms with E-state index in [-0.39, 0.29) is 29.4 Å². The molecule has 0 aliphatic carbocycles. The van der Waals surface area contributed by atoms with Gasteiger partial charge in [0.05, 0.1) is 17.7 Å². The third-order valence-electron chi connectivity index (χ3n) is 4.28. The summed E-state index contributed by atoms with van der Waals surface area (Å²) < 4.78 is 58.3. The van der Waals surface area contributed by atoms with Crippen LogP contribution in [0.2, 0.25) is 0 Å². The van der Waals surface area contributed by atoms with E-state index in [1.807, 2.05) is 0 Å². The van der Waals surface area contributed by atoms with E-state index in [2.05, 4.69) is 10.3 Å². The van der Waals surface area contributed by atoms with Crippen LogP contribution in [0.4, 0.5) is 17.6 Å². The number of carbonyl (C=O) groups excluding carboxylic acids is 1.